The molecule has 0 unspecified atom stereocenters. The van der Waals surface area contributed by atoms with E-state index in [9.17, 15) is 4.79 Å². The third-order valence-electron chi connectivity index (χ3n) is 5.69. The van der Waals surface area contributed by atoms with E-state index < -0.39 is 0 Å². The third-order valence-corrected chi connectivity index (χ3v) is 5.69. The van der Waals surface area contributed by atoms with Crippen molar-refractivity contribution < 1.29 is 4.79 Å². The third kappa shape index (κ3) is 4.92. The van der Waals surface area contributed by atoms with Gasteiger partial charge in [0.25, 0.3) is 5.91 Å². The number of aryl methyl sites for hydroxylation is 2. The average molecular weight is 401 g/mol. The van der Waals surface area contributed by atoms with Gasteiger partial charge >= 0.3 is 0 Å². The SMILES string of the molecule is Cc1nc([C@@H]2CCCN2CCCc2ccccc2)ncc1C(=O)Nc1ccccc1. The molecule has 2 aromatic carbocycles. The summed E-state index contributed by atoms with van der Waals surface area (Å²) in [6.07, 6.45) is 6.12. The first-order chi connectivity index (χ1) is 14.7. The molecular weight excluding hydrogens is 372 g/mol. The van der Waals surface area contributed by atoms with Crippen LogP contribution in [0.2, 0.25) is 0 Å². The van der Waals surface area contributed by atoms with Crippen molar-refractivity contribution in [2.75, 3.05) is 18.4 Å². The first-order valence-corrected chi connectivity index (χ1v) is 10.7. The number of hydrogen-bond acceptors (Lipinski definition) is 4. The summed E-state index contributed by atoms with van der Waals surface area (Å²) in [7, 11) is 0. The maximum Gasteiger partial charge on any atom is 0.259 e. The normalized spacial score (nSPS) is 16.5. The van der Waals surface area contributed by atoms with Crippen LogP contribution in [-0.4, -0.2) is 33.9 Å². The minimum Gasteiger partial charge on any atom is -0.322 e. The summed E-state index contributed by atoms with van der Waals surface area (Å²) in [5.74, 6) is 0.664. The summed E-state index contributed by atoms with van der Waals surface area (Å²) in [6.45, 7) is 4.01. The Morgan fingerprint density at radius 1 is 1.10 bits per heavy atom. The number of anilines is 1. The van der Waals surface area contributed by atoms with Crippen LogP contribution in [0.3, 0.4) is 0 Å². The minimum atomic E-state index is -0.170. The molecule has 154 valence electrons. The standard InChI is InChI=1S/C25H28N4O/c1-19-22(25(30)28-21-13-6-3-7-14-21)18-26-24(27-19)23-15-9-17-29(23)16-8-12-20-10-4-2-5-11-20/h2-7,10-11,13-14,18,23H,8-9,12,15-17H2,1H3,(H,28,30)/t23-/m0/s1. The molecule has 4 rings (SSSR count). The Labute approximate surface area is 178 Å². The van der Waals surface area contributed by atoms with E-state index in [1.165, 1.54) is 5.56 Å². The highest BCUT2D eigenvalue weighted by Crippen LogP contribution is 2.30. The number of likely N-dealkylation sites (tertiary alicyclic amines) is 1. The van der Waals surface area contributed by atoms with Gasteiger partial charge in [0.15, 0.2) is 0 Å². The van der Waals surface area contributed by atoms with Gasteiger partial charge in [0.05, 0.1) is 17.3 Å². The smallest absolute Gasteiger partial charge is 0.259 e. The molecule has 1 fully saturated rings. The second-order valence-corrected chi connectivity index (χ2v) is 7.83. The van der Waals surface area contributed by atoms with Gasteiger partial charge < -0.3 is 5.32 Å². The van der Waals surface area contributed by atoms with Gasteiger partial charge in [-0.3, -0.25) is 9.69 Å². The molecule has 0 radical (unpaired) electrons. The molecule has 1 N–H and O–H groups in total. The van der Waals surface area contributed by atoms with Gasteiger partial charge in [-0.2, -0.15) is 0 Å². The number of carbonyl (C=O) groups is 1. The van der Waals surface area contributed by atoms with E-state index in [4.69, 9.17) is 4.98 Å². The minimum absolute atomic E-state index is 0.170. The van der Waals surface area contributed by atoms with Gasteiger partial charge in [-0.1, -0.05) is 48.5 Å². The zero-order valence-corrected chi connectivity index (χ0v) is 17.4. The highest BCUT2D eigenvalue weighted by molar-refractivity contribution is 6.04. The molecule has 1 aliphatic rings. The predicted molar refractivity (Wildman–Crippen MR) is 119 cm³/mol. The van der Waals surface area contributed by atoms with Crippen LogP contribution in [0.5, 0.6) is 0 Å². The predicted octanol–water partition coefficient (Wildman–Crippen LogP) is 4.81. The van der Waals surface area contributed by atoms with Crippen molar-refractivity contribution in [2.24, 2.45) is 0 Å². The summed E-state index contributed by atoms with van der Waals surface area (Å²) >= 11 is 0. The topological polar surface area (TPSA) is 58.1 Å². The molecule has 0 spiro atoms. The fourth-order valence-corrected chi connectivity index (χ4v) is 4.11. The van der Waals surface area contributed by atoms with E-state index in [0.717, 1.165) is 56.0 Å². The first kappa shape index (κ1) is 20.2. The quantitative estimate of drug-likeness (QED) is 0.618. The maximum absolute atomic E-state index is 12.6. The number of benzene rings is 2. The second kappa shape index (κ2) is 9.63. The number of para-hydroxylation sites is 1. The van der Waals surface area contributed by atoms with Crippen molar-refractivity contribution in [3.05, 3.63) is 89.5 Å². The molecule has 3 aromatic rings. The molecule has 1 amide bonds. The Morgan fingerprint density at radius 2 is 1.83 bits per heavy atom. The fraction of sp³-hybridized carbons (Fsp3) is 0.320. The number of rotatable bonds is 7. The molecule has 0 aliphatic carbocycles. The van der Waals surface area contributed by atoms with Gasteiger partial charge in [0.2, 0.25) is 0 Å². The number of amides is 1. The maximum atomic E-state index is 12.6. The molecule has 2 heterocycles. The molecule has 0 saturated carbocycles. The fourth-order valence-electron chi connectivity index (χ4n) is 4.11. The number of aromatic nitrogens is 2. The van der Waals surface area contributed by atoms with Gasteiger partial charge in [0, 0.05) is 11.9 Å². The van der Waals surface area contributed by atoms with E-state index in [0.29, 0.717) is 5.56 Å². The van der Waals surface area contributed by atoms with Crippen LogP contribution in [0, 0.1) is 6.92 Å². The molecular formula is C25H28N4O. The highest BCUT2D eigenvalue weighted by atomic mass is 16.1. The Morgan fingerprint density at radius 3 is 2.57 bits per heavy atom. The van der Waals surface area contributed by atoms with Crippen LogP contribution in [-0.2, 0) is 6.42 Å². The first-order valence-electron chi connectivity index (χ1n) is 10.7. The van der Waals surface area contributed by atoms with Crippen molar-refractivity contribution in [3.63, 3.8) is 0 Å². The Balaban J connectivity index is 1.39. The number of nitrogens with zero attached hydrogens (tertiary/aromatic N) is 3. The van der Waals surface area contributed by atoms with Crippen molar-refractivity contribution >= 4 is 11.6 Å². The molecule has 5 heteroatoms. The van der Waals surface area contributed by atoms with Crippen LogP contribution in [0.15, 0.2) is 66.9 Å². The zero-order valence-electron chi connectivity index (χ0n) is 17.4. The van der Waals surface area contributed by atoms with Crippen LogP contribution in [0.1, 0.15) is 52.7 Å². The number of carbonyl (C=O) groups excluding carboxylic acids is 1. The zero-order chi connectivity index (χ0) is 20.8. The van der Waals surface area contributed by atoms with Gasteiger partial charge in [-0.15, -0.1) is 0 Å². The monoisotopic (exact) mass is 400 g/mol. The van der Waals surface area contributed by atoms with Gasteiger partial charge in [-0.05, 0) is 63.4 Å². The Bertz CT molecular complexity index is 975. The summed E-state index contributed by atoms with van der Waals surface area (Å²) < 4.78 is 0. The van der Waals surface area contributed by atoms with Crippen molar-refractivity contribution in [2.45, 2.75) is 38.6 Å². The molecule has 1 saturated heterocycles. The molecule has 1 aliphatic heterocycles. The number of nitrogens with one attached hydrogen (secondary N) is 1. The molecule has 5 nitrogen and oxygen atoms in total. The van der Waals surface area contributed by atoms with E-state index in [-0.39, 0.29) is 11.9 Å². The lowest BCUT2D eigenvalue weighted by Gasteiger charge is -2.23. The lowest BCUT2D eigenvalue weighted by atomic mass is 10.1. The summed E-state index contributed by atoms with van der Waals surface area (Å²) in [6, 6.07) is 20.3. The largest absolute Gasteiger partial charge is 0.322 e. The van der Waals surface area contributed by atoms with Crippen LogP contribution in [0.25, 0.3) is 0 Å². The lowest BCUT2D eigenvalue weighted by Crippen LogP contribution is -2.27. The average Bonchev–Trinajstić information content (AvgIpc) is 3.23. The molecule has 0 bridgehead atoms. The lowest BCUT2D eigenvalue weighted by molar-refractivity contribution is 0.102. The van der Waals surface area contributed by atoms with Crippen molar-refractivity contribution in [1.29, 1.82) is 0 Å². The molecule has 30 heavy (non-hydrogen) atoms. The number of hydrogen-bond donors (Lipinski definition) is 1. The Kier molecular flexibility index (Phi) is 6.50. The Hall–Kier alpha value is -3.05. The van der Waals surface area contributed by atoms with E-state index in [1.807, 2.05) is 37.3 Å². The van der Waals surface area contributed by atoms with Crippen LogP contribution >= 0.6 is 0 Å². The van der Waals surface area contributed by atoms with Gasteiger partial charge in [-0.25, -0.2) is 9.97 Å². The summed E-state index contributed by atoms with van der Waals surface area (Å²) in [5, 5.41) is 2.91. The summed E-state index contributed by atoms with van der Waals surface area (Å²) in [4.78, 5) is 24.4. The molecule has 1 atom stereocenters. The van der Waals surface area contributed by atoms with E-state index >= 15 is 0 Å². The van der Waals surface area contributed by atoms with Crippen LogP contribution < -0.4 is 5.32 Å². The summed E-state index contributed by atoms with van der Waals surface area (Å²) in [5.41, 5.74) is 3.40. The highest BCUT2D eigenvalue weighted by Gasteiger charge is 2.28. The van der Waals surface area contributed by atoms with Crippen molar-refractivity contribution in [3.8, 4) is 0 Å². The second-order valence-electron chi connectivity index (χ2n) is 7.83. The van der Waals surface area contributed by atoms with E-state index in [1.54, 1.807) is 6.20 Å². The van der Waals surface area contributed by atoms with Crippen molar-refractivity contribution in [1.82, 2.24) is 14.9 Å². The van der Waals surface area contributed by atoms with Crippen LogP contribution in [0.4, 0.5) is 5.69 Å². The van der Waals surface area contributed by atoms with Gasteiger partial charge in [0.1, 0.15) is 5.82 Å². The molecule has 1 aromatic heterocycles. The van der Waals surface area contributed by atoms with E-state index in [2.05, 4.69) is 45.5 Å².